The third kappa shape index (κ3) is 4.53. The Morgan fingerprint density at radius 3 is 2.41 bits per heavy atom. The second-order valence-electron chi connectivity index (χ2n) is 8.90. The van der Waals surface area contributed by atoms with Crippen molar-refractivity contribution < 1.29 is 18.7 Å². The lowest BCUT2D eigenvalue weighted by atomic mass is 9.97. The molecule has 0 fully saturated rings. The number of anilines is 1. The van der Waals surface area contributed by atoms with Crippen molar-refractivity contribution >= 4 is 38.5 Å². The summed E-state index contributed by atoms with van der Waals surface area (Å²) in [6, 6.07) is 18.0. The van der Waals surface area contributed by atoms with E-state index < -0.39 is 6.04 Å². The number of carbonyl (C=O) groups excluding carboxylic acids is 1. The predicted octanol–water partition coefficient (Wildman–Crippen LogP) is 7.06. The molecule has 0 saturated carbocycles. The standard InChI is InChI=1S/C30H28BrNO5/c1-4-15-36-24-13-9-19(16-25(24)35-6-3)27-26-28(33)22-17-20(31)10-14-23(22)37-29(26)30(34)32(27)21-11-7-18(5-2)8-12-21/h7-14,16-17,27H,4-6,15H2,1-3H3. The average Bonchev–Trinajstić information content (AvgIpc) is 3.21. The molecule has 1 aliphatic heterocycles. The summed E-state index contributed by atoms with van der Waals surface area (Å²) in [6.07, 6.45) is 1.75. The zero-order valence-corrected chi connectivity index (χ0v) is 22.6. The Morgan fingerprint density at radius 2 is 1.70 bits per heavy atom. The first kappa shape index (κ1) is 25.1. The minimum Gasteiger partial charge on any atom is -0.490 e. The lowest BCUT2D eigenvalue weighted by Crippen LogP contribution is -2.29. The van der Waals surface area contributed by atoms with Crippen molar-refractivity contribution in [2.45, 2.75) is 39.7 Å². The smallest absolute Gasteiger partial charge is 0.295 e. The molecule has 37 heavy (non-hydrogen) atoms. The van der Waals surface area contributed by atoms with Crippen molar-refractivity contribution in [1.29, 1.82) is 0 Å². The number of hydrogen-bond donors (Lipinski definition) is 0. The molecule has 4 aromatic rings. The van der Waals surface area contributed by atoms with Gasteiger partial charge in [-0.25, -0.2) is 0 Å². The third-order valence-electron chi connectivity index (χ3n) is 6.50. The van der Waals surface area contributed by atoms with Gasteiger partial charge in [0.2, 0.25) is 5.76 Å². The van der Waals surface area contributed by atoms with Crippen LogP contribution in [-0.2, 0) is 6.42 Å². The van der Waals surface area contributed by atoms with Crippen molar-refractivity contribution in [2.75, 3.05) is 18.1 Å². The van der Waals surface area contributed by atoms with Gasteiger partial charge in [-0.2, -0.15) is 0 Å². The van der Waals surface area contributed by atoms with Crippen LogP contribution in [0.15, 0.2) is 74.3 Å². The Bertz CT molecular complexity index is 1530. The maximum atomic E-state index is 13.9. The van der Waals surface area contributed by atoms with E-state index in [-0.39, 0.29) is 17.1 Å². The number of benzene rings is 3. The first-order valence-electron chi connectivity index (χ1n) is 12.5. The molecule has 0 radical (unpaired) electrons. The molecule has 1 aliphatic rings. The number of ether oxygens (including phenoxy) is 2. The van der Waals surface area contributed by atoms with Crippen molar-refractivity contribution in [2.24, 2.45) is 0 Å². The summed E-state index contributed by atoms with van der Waals surface area (Å²) in [5.74, 6) is 0.915. The summed E-state index contributed by atoms with van der Waals surface area (Å²) in [5, 5.41) is 0.419. The summed E-state index contributed by atoms with van der Waals surface area (Å²) in [5.41, 5.74) is 3.05. The number of nitrogens with zero attached hydrogens (tertiary/aromatic N) is 1. The molecule has 0 N–H and O–H groups in total. The molecule has 0 saturated heterocycles. The maximum absolute atomic E-state index is 13.9. The van der Waals surface area contributed by atoms with Gasteiger partial charge < -0.3 is 13.9 Å². The van der Waals surface area contributed by atoms with Crippen LogP contribution < -0.4 is 19.8 Å². The molecule has 2 heterocycles. The summed E-state index contributed by atoms with van der Waals surface area (Å²) >= 11 is 3.45. The minimum absolute atomic E-state index is 0.0636. The van der Waals surface area contributed by atoms with Crippen LogP contribution in [0.25, 0.3) is 11.0 Å². The zero-order chi connectivity index (χ0) is 26.1. The Hall–Kier alpha value is -3.58. The van der Waals surface area contributed by atoms with Gasteiger partial charge in [-0.05, 0) is 73.4 Å². The van der Waals surface area contributed by atoms with E-state index in [1.165, 1.54) is 0 Å². The minimum atomic E-state index is -0.686. The van der Waals surface area contributed by atoms with E-state index in [1.807, 2.05) is 56.3 Å². The average molecular weight is 562 g/mol. The fraction of sp³-hybridized carbons (Fsp3) is 0.267. The van der Waals surface area contributed by atoms with Gasteiger partial charge in [0, 0.05) is 10.2 Å². The van der Waals surface area contributed by atoms with Crippen LogP contribution in [-0.4, -0.2) is 19.1 Å². The van der Waals surface area contributed by atoms with Crippen molar-refractivity contribution in [3.63, 3.8) is 0 Å². The monoisotopic (exact) mass is 561 g/mol. The fourth-order valence-corrected chi connectivity index (χ4v) is 5.07. The molecule has 1 atom stereocenters. The Morgan fingerprint density at radius 1 is 0.919 bits per heavy atom. The highest BCUT2D eigenvalue weighted by atomic mass is 79.9. The van der Waals surface area contributed by atoms with E-state index in [2.05, 4.69) is 22.9 Å². The molecule has 190 valence electrons. The highest BCUT2D eigenvalue weighted by Crippen LogP contribution is 2.43. The van der Waals surface area contributed by atoms with Gasteiger partial charge in [-0.1, -0.05) is 48.0 Å². The van der Waals surface area contributed by atoms with Crippen LogP contribution in [0.5, 0.6) is 11.5 Å². The molecule has 1 aromatic heterocycles. The number of carbonyl (C=O) groups is 1. The van der Waals surface area contributed by atoms with Gasteiger partial charge in [0.15, 0.2) is 16.9 Å². The van der Waals surface area contributed by atoms with E-state index in [9.17, 15) is 9.59 Å². The van der Waals surface area contributed by atoms with Crippen LogP contribution in [0, 0.1) is 0 Å². The quantitative estimate of drug-likeness (QED) is 0.230. The first-order valence-corrected chi connectivity index (χ1v) is 13.3. The molecule has 6 nitrogen and oxygen atoms in total. The second-order valence-corrected chi connectivity index (χ2v) is 9.82. The normalized spacial score (nSPS) is 14.8. The third-order valence-corrected chi connectivity index (χ3v) is 6.99. The van der Waals surface area contributed by atoms with Crippen LogP contribution in [0.2, 0.25) is 0 Å². The summed E-state index contributed by atoms with van der Waals surface area (Å²) in [6.45, 7) is 7.04. The van der Waals surface area contributed by atoms with E-state index in [1.54, 1.807) is 23.1 Å². The SMILES string of the molecule is CCCOc1ccc(C2c3c(oc4ccc(Br)cc4c3=O)C(=O)N2c2ccc(CC)cc2)cc1OCC. The lowest BCUT2D eigenvalue weighted by molar-refractivity contribution is 0.0971. The summed E-state index contributed by atoms with van der Waals surface area (Å²) in [4.78, 5) is 29.4. The molecule has 0 aliphatic carbocycles. The molecule has 0 spiro atoms. The van der Waals surface area contributed by atoms with Gasteiger partial charge >= 0.3 is 0 Å². The van der Waals surface area contributed by atoms with Gasteiger partial charge in [0.05, 0.1) is 30.2 Å². The molecule has 1 unspecified atom stereocenters. The van der Waals surface area contributed by atoms with E-state index in [4.69, 9.17) is 13.9 Å². The lowest BCUT2D eigenvalue weighted by Gasteiger charge is -2.26. The second kappa shape index (κ2) is 10.4. The number of fused-ring (bicyclic) bond motifs is 2. The molecule has 3 aromatic carbocycles. The Kier molecular flexibility index (Phi) is 7.07. The fourth-order valence-electron chi connectivity index (χ4n) is 4.71. The van der Waals surface area contributed by atoms with Gasteiger partial charge in [-0.3, -0.25) is 14.5 Å². The number of halogens is 1. The van der Waals surface area contributed by atoms with Gasteiger partial charge in [-0.15, -0.1) is 0 Å². The first-order chi connectivity index (χ1) is 18.0. The molecule has 0 bridgehead atoms. The highest BCUT2D eigenvalue weighted by Gasteiger charge is 2.44. The highest BCUT2D eigenvalue weighted by molar-refractivity contribution is 9.10. The molecular formula is C30H28BrNO5. The predicted molar refractivity (Wildman–Crippen MR) is 148 cm³/mol. The number of amides is 1. The van der Waals surface area contributed by atoms with E-state index in [0.717, 1.165) is 28.4 Å². The molecule has 1 amide bonds. The molecular weight excluding hydrogens is 534 g/mol. The summed E-state index contributed by atoms with van der Waals surface area (Å²) in [7, 11) is 0. The van der Waals surface area contributed by atoms with Crippen molar-refractivity contribution in [1.82, 2.24) is 0 Å². The number of aryl methyl sites for hydroxylation is 1. The van der Waals surface area contributed by atoms with Crippen molar-refractivity contribution in [3.8, 4) is 11.5 Å². The van der Waals surface area contributed by atoms with Crippen LogP contribution in [0.1, 0.15) is 60.5 Å². The molecule has 7 heteroatoms. The van der Waals surface area contributed by atoms with Crippen LogP contribution in [0.3, 0.4) is 0 Å². The molecule has 5 rings (SSSR count). The van der Waals surface area contributed by atoms with E-state index in [0.29, 0.717) is 46.9 Å². The van der Waals surface area contributed by atoms with Crippen LogP contribution >= 0.6 is 15.9 Å². The number of rotatable bonds is 8. The Labute approximate surface area is 223 Å². The Balaban J connectivity index is 1.74. The topological polar surface area (TPSA) is 69.0 Å². The maximum Gasteiger partial charge on any atom is 0.295 e. The number of hydrogen-bond acceptors (Lipinski definition) is 5. The van der Waals surface area contributed by atoms with Crippen molar-refractivity contribution in [3.05, 3.63) is 97.8 Å². The van der Waals surface area contributed by atoms with Crippen LogP contribution in [0.4, 0.5) is 5.69 Å². The summed E-state index contributed by atoms with van der Waals surface area (Å²) < 4.78 is 18.6. The van der Waals surface area contributed by atoms with Gasteiger partial charge in [0.1, 0.15) is 5.58 Å². The van der Waals surface area contributed by atoms with E-state index >= 15 is 0 Å². The van der Waals surface area contributed by atoms with Gasteiger partial charge in [0.25, 0.3) is 5.91 Å². The zero-order valence-electron chi connectivity index (χ0n) is 21.0. The largest absolute Gasteiger partial charge is 0.490 e.